The molecule has 0 spiro atoms. The van der Waals surface area contributed by atoms with Crippen molar-refractivity contribution in [3.63, 3.8) is 0 Å². The van der Waals surface area contributed by atoms with Gasteiger partial charge in [0.1, 0.15) is 0 Å². The van der Waals surface area contributed by atoms with E-state index in [1.54, 1.807) is 0 Å². The summed E-state index contributed by atoms with van der Waals surface area (Å²) < 4.78 is 0. The molecule has 0 saturated heterocycles. The molecular formula is C15H23ClN2. The molecule has 0 amide bonds. The van der Waals surface area contributed by atoms with Gasteiger partial charge in [0.25, 0.3) is 0 Å². The lowest BCUT2D eigenvalue weighted by molar-refractivity contribution is 0.152. The Morgan fingerprint density at radius 1 is 1.39 bits per heavy atom. The number of rotatable bonds is 4. The minimum absolute atomic E-state index is 0.343. The normalized spacial score (nSPS) is 25.6. The Hall–Kier alpha value is -0.570. The molecule has 2 N–H and O–H groups in total. The molecule has 0 bridgehead atoms. The summed E-state index contributed by atoms with van der Waals surface area (Å²) in [5, 5.41) is 0.860. The number of hydrogen-bond donors (Lipinski definition) is 1. The molecule has 1 saturated carbocycles. The molecule has 0 radical (unpaired) electrons. The van der Waals surface area contributed by atoms with Gasteiger partial charge in [-0.05, 0) is 50.9 Å². The SMILES string of the molecule is CC(c1ccccc1Cl)N(C)C1CCCC1CN. The van der Waals surface area contributed by atoms with Gasteiger partial charge in [0.2, 0.25) is 0 Å². The van der Waals surface area contributed by atoms with Crippen molar-refractivity contribution in [2.75, 3.05) is 13.6 Å². The first-order valence-corrected chi connectivity index (χ1v) is 7.19. The van der Waals surface area contributed by atoms with E-state index in [1.165, 1.54) is 24.8 Å². The first-order chi connectivity index (χ1) is 8.65. The monoisotopic (exact) mass is 266 g/mol. The Kier molecular flexibility index (Phi) is 4.66. The highest BCUT2D eigenvalue weighted by Crippen LogP contribution is 2.35. The summed E-state index contributed by atoms with van der Waals surface area (Å²) in [6.07, 6.45) is 3.82. The first-order valence-electron chi connectivity index (χ1n) is 6.81. The molecule has 1 aliphatic rings. The van der Waals surface area contributed by atoms with Crippen LogP contribution in [-0.4, -0.2) is 24.5 Å². The van der Waals surface area contributed by atoms with Crippen LogP contribution in [0.1, 0.15) is 37.8 Å². The standard InChI is InChI=1S/C15H23ClN2/c1-11(13-7-3-4-8-14(13)16)18(2)15-9-5-6-12(15)10-17/h3-4,7-8,11-12,15H,5-6,9-10,17H2,1-2H3. The van der Waals surface area contributed by atoms with Gasteiger partial charge in [-0.1, -0.05) is 36.2 Å². The molecule has 0 aliphatic heterocycles. The summed E-state index contributed by atoms with van der Waals surface area (Å²) in [6.45, 7) is 3.03. The fourth-order valence-corrected chi connectivity index (χ4v) is 3.44. The van der Waals surface area contributed by atoms with Crippen molar-refractivity contribution in [1.82, 2.24) is 4.90 Å². The molecule has 1 aromatic rings. The van der Waals surface area contributed by atoms with Crippen molar-refractivity contribution >= 4 is 11.6 Å². The van der Waals surface area contributed by atoms with Crippen molar-refractivity contribution in [3.8, 4) is 0 Å². The molecule has 0 heterocycles. The van der Waals surface area contributed by atoms with Crippen LogP contribution in [-0.2, 0) is 0 Å². The van der Waals surface area contributed by atoms with Gasteiger partial charge in [0.05, 0.1) is 0 Å². The van der Waals surface area contributed by atoms with Crippen molar-refractivity contribution in [2.45, 2.75) is 38.3 Å². The molecule has 2 rings (SSSR count). The zero-order valence-corrected chi connectivity index (χ0v) is 12.0. The third kappa shape index (κ3) is 2.71. The van der Waals surface area contributed by atoms with Crippen molar-refractivity contribution in [3.05, 3.63) is 34.9 Å². The van der Waals surface area contributed by atoms with Crippen LogP contribution in [0.4, 0.5) is 0 Å². The minimum atomic E-state index is 0.343. The molecule has 3 heteroatoms. The lowest BCUT2D eigenvalue weighted by Gasteiger charge is -2.34. The maximum absolute atomic E-state index is 6.29. The van der Waals surface area contributed by atoms with Gasteiger partial charge in [-0.2, -0.15) is 0 Å². The van der Waals surface area contributed by atoms with E-state index in [1.807, 2.05) is 12.1 Å². The Morgan fingerprint density at radius 2 is 2.11 bits per heavy atom. The maximum Gasteiger partial charge on any atom is 0.0453 e. The van der Waals surface area contributed by atoms with E-state index in [4.69, 9.17) is 17.3 Å². The third-order valence-electron chi connectivity index (χ3n) is 4.41. The quantitative estimate of drug-likeness (QED) is 0.904. The van der Waals surface area contributed by atoms with Gasteiger partial charge in [0.15, 0.2) is 0 Å². The number of nitrogens with zero attached hydrogens (tertiary/aromatic N) is 1. The van der Waals surface area contributed by atoms with Crippen LogP contribution >= 0.6 is 11.6 Å². The summed E-state index contributed by atoms with van der Waals surface area (Å²) in [4.78, 5) is 2.45. The molecule has 1 aromatic carbocycles. The van der Waals surface area contributed by atoms with E-state index in [0.717, 1.165) is 11.6 Å². The highest BCUT2D eigenvalue weighted by atomic mass is 35.5. The second kappa shape index (κ2) is 6.05. The summed E-state index contributed by atoms with van der Waals surface area (Å²) >= 11 is 6.29. The summed E-state index contributed by atoms with van der Waals surface area (Å²) in [5.41, 5.74) is 7.09. The van der Waals surface area contributed by atoms with Gasteiger partial charge in [0, 0.05) is 17.1 Å². The van der Waals surface area contributed by atoms with Crippen molar-refractivity contribution in [1.29, 1.82) is 0 Å². The van der Waals surface area contributed by atoms with Crippen LogP contribution in [0.2, 0.25) is 5.02 Å². The van der Waals surface area contributed by atoms with E-state index in [2.05, 4.69) is 31.0 Å². The van der Waals surface area contributed by atoms with Gasteiger partial charge in [-0.3, -0.25) is 4.90 Å². The zero-order chi connectivity index (χ0) is 13.1. The highest BCUT2D eigenvalue weighted by Gasteiger charge is 2.32. The third-order valence-corrected chi connectivity index (χ3v) is 4.76. The van der Waals surface area contributed by atoms with Gasteiger partial charge in [-0.15, -0.1) is 0 Å². The molecule has 1 fully saturated rings. The second-order valence-electron chi connectivity index (χ2n) is 5.36. The van der Waals surface area contributed by atoms with Crippen LogP contribution in [0.3, 0.4) is 0 Å². The minimum Gasteiger partial charge on any atom is -0.330 e. The van der Waals surface area contributed by atoms with E-state index in [0.29, 0.717) is 18.0 Å². The van der Waals surface area contributed by atoms with Crippen molar-refractivity contribution in [2.24, 2.45) is 11.7 Å². The summed E-state index contributed by atoms with van der Waals surface area (Å²) in [6, 6.07) is 9.07. The smallest absolute Gasteiger partial charge is 0.0453 e. The van der Waals surface area contributed by atoms with Gasteiger partial charge < -0.3 is 5.73 Å². The summed E-state index contributed by atoms with van der Waals surface area (Å²) in [7, 11) is 2.20. The number of benzene rings is 1. The lowest BCUT2D eigenvalue weighted by atomic mass is 9.99. The van der Waals surface area contributed by atoms with Crippen LogP contribution in [0, 0.1) is 5.92 Å². The predicted molar refractivity (Wildman–Crippen MR) is 77.8 cm³/mol. The van der Waals surface area contributed by atoms with Crippen LogP contribution < -0.4 is 5.73 Å². The molecule has 18 heavy (non-hydrogen) atoms. The number of hydrogen-bond acceptors (Lipinski definition) is 2. The van der Waals surface area contributed by atoms with E-state index >= 15 is 0 Å². The van der Waals surface area contributed by atoms with Gasteiger partial charge in [-0.25, -0.2) is 0 Å². The molecule has 100 valence electrons. The van der Waals surface area contributed by atoms with Crippen LogP contribution in [0.5, 0.6) is 0 Å². The van der Waals surface area contributed by atoms with E-state index < -0.39 is 0 Å². The molecule has 0 aromatic heterocycles. The molecule has 1 aliphatic carbocycles. The predicted octanol–water partition coefficient (Wildman–Crippen LogP) is 3.46. The van der Waals surface area contributed by atoms with E-state index in [9.17, 15) is 0 Å². The van der Waals surface area contributed by atoms with Gasteiger partial charge >= 0.3 is 0 Å². The molecule has 3 atom stereocenters. The Balaban J connectivity index is 2.13. The maximum atomic E-state index is 6.29. The number of nitrogens with two attached hydrogens (primary N) is 1. The Bertz CT molecular complexity index is 394. The highest BCUT2D eigenvalue weighted by molar-refractivity contribution is 6.31. The lowest BCUT2D eigenvalue weighted by Crippen LogP contribution is -2.39. The largest absolute Gasteiger partial charge is 0.330 e. The zero-order valence-electron chi connectivity index (χ0n) is 11.3. The topological polar surface area (TPSA) is 29.3 Å². The molecule has 3 unspecified atom stereocenters. The van der Waals surface area contributed by atoms with Crippen molar-refractivity contribution < 1.29 is 0 Å². The Labute approximate surface area is 115 Å². The van der Waals surface area contributed by atoms with E-state index in [-0.39, 0.29) is 0 Å². The number of halogens is 1. The first kappa shape index (κ1) is 13.9. The summed E-state index contributed by atoms with van der Waals surface area (Å²) in [5.74, 6) is 0.639. The molecule has 2 nitrogen and oxygen atoms in total. The second-order valence-corrected chi connectivity index (χ2v) is 5.76. The Morgan fingerprint density at radius 3 is 2.78 bits per heavy atom. The fourth-order valence-electron chi connectivity index (χ4n) is 3.15. The van der Waals surface area contributed by atoms with Crippen LogP contribution in [0.25, 0.3) is 0 Å². The molecular weight excluding hydrogens is 244 g/mol. The average molecular weight is 267 g/mol. The fraction of sp³-hybridized carbons (Fsp3) is 0.600. The van der Waals surface area contributed by atoms with Crippen LogP contribution in [0.15, 0.2) is 24.3 Å². The average Bonchev–Trinajstić information content (AvgIpc) is 2.86.